The van der Waals surface area contributed by atoms with Gasteiger partial charge in [0.2, 0.25) is 0 Å². The number of pyridine rings is 1. The van der Waals surface area contributed by atoms with Gasteiger partial charge in [-0.25, -0.2) is 4.98 Å². The van der Waals surface area contributed by atoms with E-state index in [1.807, 2.05) is 60.7 Å². The molecule has 3 nitrogen and oxygen atoms in total. The monoisotopic (exact) mass is 320 g/mol. The predicted molar refractivity (Wildman–Crippen MR) is 99.2 cm³/mol. The van der Waals surface area contributed by atoms with E-state index in [0.29, 0.717) is 11.1 Å². The molecule has 0 N–H and O–H groups in total. The molecule has 0 aliphatic rings. The smallest absolute Gasteiger partial charge is 0.153 e. The zero-order valence-corrected chi connectivity index (χ0v) is 13.2. The molecule has 0 radical (unpaired) electrons. The van der Waals surface area contributed by atoms with Crippen molar-refractivity contribution >= 4 is 32.8 Å². The summed E-state index contributed by atoms with van der Waals surface area (Å²) in [5.41, 5.74) is 4.69. The average Bonchev–Trinajstić information content (AvgIpc) is 3.06. The Morgan fingerprint density at radius 2 is 1.56 bits per heavy atom. The van der Waals surface area contributed by atoms with Crippen molar-refractivity contribution in [3.63, 3.8) is 0 Å². The fourth-order valence-corrected chi connectivity index (χ4v) is 3.33. The van der Waals surface area contributed by atoms with Gasteiger partial charge in [0.05, 0.1) is 16.8 Å². The molecule has 0 aliphatic heterocycles. The molecule has 3 heteroatoms. The maximum absolute atomic E-state index is 9.34. The summed E-state index contributed by atoms with van der Waals surface area (Å²) in [5.74, 6) is 0. The Morgan fingerprint density at radius 3 is 2.44 bits per heavy atom. The number of nitriles is 1. The summed E-state index contributed by atoms with van der Waals surface area (Å²) in [4.78, 5) is 4.78. The Kier molecular flexibility index (Phi) is 2.86. The van der Waals surface area contributed by atoms with Crippen molar-refractivity contribution in [1.29, 1.82) is 5.26 Å². The zero-order chi connectivity index (χ0) is 16.8. The SMILES string of the molecule is N#Cc1cccc2c1oc1c(-c3ccc4ccccc4n3)cccc12. The standard InChI is InChI=1S/C22H12N2O/c23-13-15-6-3-7-16-17-8-4-9-18(22(17)25-21(15)16)20-12-11-14-5-1-2-10-19(14)24-20/h1-12H. The lowest BCUT2D eigenvalue weighted by molar-refractivity contribution is 0.668. The van der Waals surface area contributed by atoms with Crippen LogP contribution in [-0.2, 0) is 0 Å². The van der Waals surface area contributed by atoms with Crippen LogP contribution in [0.15, 0.2) is 77.2 Å². The molecular formula is C22H12N2O. The third-order valence-electron chi connectivity index (χ3n) is 4.52. The molecule has 0 saturated carbocycles. The van der Waals surface area contributed by atoms with E-state index in [4.69, 9.17) is 9.40 Å². The second kappa shape index (κ2) is 5.19. The van der Waals surface area contributed by atoms with Crippen LogP contribution in [0.5, 0.6) is 0 Å². The first kappa shape index (κ1) is 13.8. The maximum Gasteiger partial charge on any atom is 0.153 e. The van der Waals surface area contributed by atoms with Gasteiger partial charge in [-0.15, -0.1) is 0 Å². The van der Waals surface area contributed by atoms with Crippen molar-refractivity contribution in [2.45, 2.75) is 0 Å². The van der Waals surface area contributed by atoms with Gasteiger partial charge in [-0.2, -0.15) is 5.26 Å². The van der Waals surface area contributed by atoms with Crippen molar-refractivity contribution in [1.82, 2.24) is 4.98 Å². The third kappa shape index (κ3) is 2.02. The van der Waals surface area contributed by atoms with Crippen LogP contribution in [0.4, 0.5) is 0 Å². The highest BCUT2D eigenvalue weighted by molar-refractivity contribution is 6.10. The number of rotatable bonds is 1. The van der Waals surface area contributed by atoms with Crippen molar-refractivity contribution in [3.8, 4) is 17.3 Å². The van der Waals surface area contributed by atoms with Gasteiger partial charge in [0.1, 0.15) is 11.7 Å². The molecule has 3 aromatic carbocycles. The quantitative estimate of drug-likeness (QED) is 0.399. The van der Waals surface area contributed by atoms with E-state index in [1.54, 1.807) is 6.07 Å². The topological polar surface area (TPSA) is 49.8 Å². The maximum atomic E-state index is 9.34. The molecule has 2 aromatic heterocycles. The van der Waals surface area contributed by atoms with Crippen LogP contribution in [0.25, 0.3) is 44.1 Å². The minimum absolute atomic E-state index is 0.547. The van der Waals surface area contributed by atoms with Gasteiger partial charge in [-0.05, 0) is 24.3 Å². The van der Waals surface area contributed by atoms with Crippen LogP contribution in [0.3, 0.4) is 0 Å². The first-order valence-electron chi connectivity index (χ1n) is 8.06. The summed E-state index contributed by atoms with van der Waals surface area (Å²) in [6.45, 7) is 0. The lowest BCUT2D eigenvalue weighted by Gasteiger charge is -2.04. The van der Waals surface area contributed by atoms with E-state index in [9.17, 15) is 5.26 Å². The molecule has 0 amide bonds. The second-order valence-electron chi connectivity index (χ2n) is 5.97. The third-order valence-corrected chi connectivity index (χ3v) is 4.52. The number of hydrogen-bond donors (Lipinski definition) is 0. The van der Waals surface area contributed by atoms with Crippen molar-refractivity contribution in [2.24, 2.45) is 0 Å². The Bertz CT molecular complexity index is 1310. The molecule has 0 unspecified atom stereocenters. The van der Waals surface area contributed by atoms with E-state index in [1.165, 1.54) is 0 Å². The molecule has 25 heavy (non-hydrogen) atoms. The van der Waals surface area contributed by atoms with Gasteiger partial charge in [0, 0.05) is 21.7 Å². The molecular weight excluding hydrogens is 308 g/mol. The lowest BCUT2D eigenvalue weighted by atomic mass is 10.0. The summed E-state index contributed by atoms with van der Waals surface area (Å²) in [7, 11) is 0. The molecule has 0 aliphatic carbocycles. The summed E-state index contributed by atoms with van der Waals surface area (Å²) < 4.78 is 6.11. The van der Waals surface area contributed by atoms with Crippen LogP contribution < -0.4 is 0 Å². The summed E-state index contributed by atoms with van der Waals surface area (Å²) in [6, 6.07) is 26.0. The Morgan fingerprint density at radius 1 is 0.760 bits per heavy atom. The number of furan rings is 1. The minimum Gasteiger partial charge on any atom is -0.454 e. The van der Waals surface area contributed by atoms with Crippen LogP contribution in [0.2, 0.25) is 0 Å². The van der Waals surface area contributed by atoms with Crippen molar-refractivity contribution in [3.05, 3.63) is 78.4 Å². The highest BCUT2D eigenvalue weighted by Crippen LogP contribution is 2.36. The molecule has 0 saturated heterocycles. The molecule has 5 aromatic rings. The molecule has 0 fully saturated rings. The van der Waals surface area contributed by atoms with Crippen LogP contribution in [-0.4, -0.2) is 4.98 Å². The second-order valence-corrected chi connectivity index (χ2v) is 5.97. The van der Waals surface area contributed by atoms with Gasteiger partial charge >= 0.3 is 0 Å². The summed E-state index contributed by atoms with van der Waals surface area (Å²) in [5, 5.41) is 12.4. The fraction of sp³-hybridized carbons (Fsp3) is 0. The Balaban J connectivity index is 1.85. The average molecular weight is 320 g/mol. The van der Waals surface area contributed by atoms with Crippen LogP contribution in [0.1, 0.15) is 5.56 Å². The fourth-order valence-electron chi connectivity index (χ4n) is 3.33. The van der Waals surface area contributed by atoms with Gasteiger partial charge in [0.15, 0.2) is 5.58 Å². The molecule has 0 spiro atoms. The van der Waals surface area contributed by atoms with Crippen LogP contribution in [0, 0.1) is 11.3 Å². The number of para-hydroxylation sites is 3. The molecule has 116 valence electrons. The minimum atomic E-state index is 0.547. The Labute approximate surface area is 143 Å². The first-order valence-corrected chi connectivity index (χ1v) is 8.06. The van der Waals surface area contributed by atoms with Gasteiger partial charge < -0.3 is 4.42 Å². The molecule has 2 heterocycles. The first-order chi connectivity index (χ1) is 12.3. The van der Waals surface area contributed by atoms with Gasteiger partial charge in [-0.3, -0.25) is 0 Å². The number of nitrogens with zero attached hydrogens (tertiary/aromatic N) is 2. The molecule has 0 bridgehead atoms. The van der Waals surface area contributed by atoms with E-state index in [2.05, 4.69) is 12.1 Å². The molecule has 5 rings (SSSR count). The van der Waals surface area contributed by atoms with Crippen LogP contribution >= 0.6 is 0 Å². The summed E-state index contributed by atoms with van der Waals surface area (Å²) >= 11 is 0. The van der Waals surface area contributed by atoms with E-state index < -0.39 is 0 Å². The van der Waals surface area contributed by atoms with Gasteiger partial charge in [0.25, 0.3) is 0 Å². The molecule has 0 atom stereocenters. The van der Waals surface area contributed by atoms with Gasteiger partial charge in [-0.1, -0.05) is 48.5 Å². The largest absolute Gasteiger partial charge is 0.454 e. The highest BCUT2D eigenvalue weighted by Gasteiger charge is 2.15. The van der Waals surface area contributed by atoms with E-state index >= 15 is 0 Å². The lowest BCUT2D eigenvalue weighted by Crippen LogP contribution is -1.85. The Hall–Kier alpha value is -3.64. The van der Waals surface area contributed by atoms with E-state index in [0.717, 1.165) is 38.5 Å². The summed E-state index contributed by atoms with van der Waals surface area (Å²) in [6.07, 6.45) is 0. The van der Waals surface area contributed by atoms with E-state index in [-0.39, 0.29) is 0 Å². The highest BCUT2D eigenvalue weighted by atomic mass is 16.3. The van der Waals surface area contributed by atoms with Crippen molar-refractivity contribution in [2.75, 3.05) is 0 Å². The number of fused-ring (bicyclic) bond motifs is 4. The normalized spacial score (nSPS) is 11.2. The predicted octanol–water partition coefficient (Wildman–Crippen LogP) is 5.67. The number of hydrogen-bond acceptors (Lipinski definition) is 3. The zero-order valence-electron chi connectivity index (χ0n) is 13.2. The number of aromatic nitrogens is 1. The number of benzene rings is 3. The van der Waals surface area contributed by atoms with Crippen molar-refractivity contribution < 1.29 is 4.42 Å².